The van der Waals surface area contributed by atoms with Gasteiger partial charge in [-0.3, -0.25) is 4.79 Å². The molecule has 1 aliphatic carbocycles. The summed E-state index contributed by atoms with van der Waals surface area (Å²) < 4.78 is 5.11. The van der Waals surface area contributed by atoms with Crippen LogP contribution >= 0.6 is 0 Å². The van der Waals surface area contributed by atoms with Gasteiger partial charge in [0.2, 0.25) is 5.91 Å². The molecule has 4 heteroatoms. The first-order valence-corrected chi connectivity index (χ1v) is 4.90. The second-order valence-electron chi connectivity index (χ2n) is 3.22. The van der Waals surface area contributed by atoms with Gasteiger partial charge in [0.25, 0.3) is 0 Å². The van der Waals surface area contributed by atoms with Crippen LogP contribution in [-0.2, 0) is 9.53 Å². The van der Waals surface area contributed by atoms with E-state index in [2.05, 4.69) is 10.6 Å². The molecule has 0 atom stereocenters. The number of carbonyl (C=O) groups excluding carboxylic acids is 1. The van der Waals surface area contributed by atoms with Crippen LogP contribution in [0.4, 0.5) is 0 Å². The topological polar surface area (TPSA) is 50.4 Å². The fraction of sp³-hybridized carbons (Fsp3) is 0.889. The van der Waals surface area contributed by atoms with Crippen LogP contribution in [0.3, 0.4) is 0 Å². The molecule has 13 heavy (non-hydrogen) atoms. The number of nitrogens with one attached hydrogen (secondary N) is 2. The molecule has 1 rings (SSSR count). The average molecular weight is 186 g/mol. The predicted molar refractivity (Wildman–Crippen MR) is 50.5 cm³/mol. The van der Waals surface area contributed by atoms with Crippen LogP contribution in [0.5, 0.6) is 0 Å². The van der Waals surface area contributed by atoms with Crippen molar-refractivity contribution in [3.63, 3.8) is 0 Å². The molecule has 0 heterocycles. The summed E-state index contributed by atoms with van der Waals surface area (Å²) in [5.41, 5.74) is 0. The summed E-state index contributed by atoms with van der Waals surface area (Å²) >= 11 is 0. The lowest BCUT2D eigenvalue weighted by Gasteiger charge is -2.05. The molecule has 0 unspecified atom stereocenters. The van der Waals surface area contributed by atoms with Gasteiger partial charge in [-0.25, -0.2) is 0 Å². The van der Waals surface area contributed by atoms with Crippen molar-refractivity contribution in [2.24, 2.45) is 0 Å². The smallest absolute Gasteiger partial charge is 0.234 e. The lowest BCUT2D eigenvalue weighted by molar-refractivity contribution is -0.120. The zero-order valence-corrected chi connectivity index (χ0v) is 8.14. The van der Waals surface area contributed by atoms with Crippen molar-refractivity contribution in [2.45, 2.75) is 25.8 Å². The molecule has 0 bridgehead atoms. The quantitative estimate of drug-likeness (QED) is 0.545. The van der Waals surface area contributed by atoms with Gasteiger partial charge in [-0.05, 0) is 19.8 Å². The molecule has 0 spiro atoms. The summed E-state index contributed by atoms with van der Waals surface area (Å²) in [7, 11) is 0. The standard InChI is InChI=1S/C9H18N2O2/c1-2-13-6-5-10-7-9(12)11-8-3-4-8/h8,10H,2-7H2,1H3,(H,11,12). The largest absolute Gasteiger partial charge is 0.380 e. The summed E-state index contributed by atoms with van der Waals surface area (Å²) in [5.74, 6) is 0.0963. The Kier molecular flexibility index (Phi) is 4.78. The molecule has 0 aliphatic heterocycles. The van der Waals surface area contributed by atoms with E-state index in [9.17, 15) is 4.79 Å². The average Bonchev–Trinajstić information content (AvgIpc) is 2.88. The Balaban J connectivity index is 1.83. The van der Waals surface area contributed by atoms with Gasteiger partial charge >= 0.3 is 0 Å². The lowest BCUT2D eigenvalue weighted by atomic mass is 10.5. The second kappa shape index (κ2) is 5.94. The number of carbonyl (C=O) groups is 1. The van der Waals surface area contributed by atoms with Crippen LogP contribution < -0.4 is 10.6 Å². The highest BCUT2D eigenvalue weighted by Gasteiger charge is 2.22. The molecule has 0 aromatic rings. The third-order valence-electron chi connectivity index (χ3n) is 1.86. The molecule has 1 amide bonds. The van der Waals surface area contributed by atoms with Gasteiger partial charge in [0.15, 0.2) is 0 Å². The molecular weight excluding hydrogens is 168 g/mol. The predicted octanol–water partition coefficient (Wildman–Crippen LogP) is -0.109. The van der Waals surface area contributed by atoms with Crippen molar-refractivity contribution >= 4 is 5.91 Å². The molecule has 4 nitrogen and oxygen atoms in total. The number of hydrogen-bond acceptors (Lipinski definition) is 3. The molecule has 0 saturated heterocycles. The third-order valence-corrected chi connectivity index (χ3v) is 1.86. The van der Waals surface area contributed by atoms with E-state index < -0.39 is 0 Å². The number of ether oxygens (including phenoxy) is 1. The van der Waals surface area contributed by atoms with Crippen molar-refractivity contribution in [2.75, 3.05) is 26.3 Å². The molecular formula is C9H18N2O2. The maximum atomic E-state index is 11.1. The first-order chi connectivity index (χ1) is 6.33. The minimum Gasteiger partial charge on any atom is -0.380 e. The van der Waals surface area contributed by atoms with Crippen LogP contribution in [0.25, 0.3) is 0 Å². The zero-order valence-electron chi connectivity index (χ0n) is 8.14. The number of rotatable bonds is 7. The molecule has 0 aromatic heterocycles. The summed E-state index contributed by atoms with van der Waals surface area (Å²) in [6.45, 7) is 4.51. The minimum absolute atomic E-state index is 0.0963. The lowest BCUT2D eigenvalue weighted by Crippen LogP contribution is -2.36. The van der Waals surface area contributed by atoms with E-state index in [1.807, 2.05) is 6.92 Å². The van der Waals surface area contributed by atoms with Crippen LogP contribution in [0, 0.1) is 0 Å². The summed E-state index contributed by atoms with van der Waals surface area (Å²) in [6, 6.07) is 0.459. The third kappa shape index (κ3) is 5.60. The van der Waals surface area contributed by atoms with Crippen LogP contribution in [0.2, 0.25) is 0 Å². The second-order valence-corrected chi connectivity index (χ2v) is 3.22. The fourth-order valence-electron chi connectivity index (χ4n) is 0.997. The number of hydrogen-bond donors (Lipinski definition) is 2. The van der Waals surface area contributed by atoms with Crippen molar-refractivity contribution < 1.29 is 9.53 Å². The van der Waals surface area contributed by atoms with Gasteiger partial charge in [-0.15, -0.1) is 0 Å². The van der Waals surface area contributed by atoms with Crippen LogP contribution in [0.1, 0.15) is 19.8 Å². The van der Waals surface area contributed by atoms with E-state index in [0.717, 1.165) is 26.0 Å². The Bertz CT molecular complexity index is 158. The first kappa shape index (κ1) is 10.5. The SMILES string of the molecule is CCOCCNCC(=O)NC1CC1. The van der Waals surface area contributed by atoms with Crippen LogP contribution in [-0.4, -0.2) is 38.3 Å². The summed E-state index contributed by atoms with van der Waals surface area (Å²) in [4.78, 5) is 11.1. The van der Waals surface area contributed by atoms with Gasteiger partial charge in [-0.1, -0.05) is 0 Å². The van der Waals surface area contributed by atoms with E-state index in [4.69, 9.17) is 4.74 Å². The van der Waals surface area contributed by atoms with Crippen molar-refractivity contribution in [3.8, 4) is 0 Å². The van der Waals surface area contributed by atoms with Crippen LogP contribution in [0.15, 0.2) is 0 Å². The van der Waals surface area contributed by atoms with E-state index >= 15 is 0 Å². The van der Waals surface area contributed by atoms with E-state index in [0.29, 0.717) is 19.2 Å². The molecule has 1 saturated carbocycles. The fourth-order valence-corrected chi connectivity index (χ4v) is 0.997. The van der Waals surface area contributed by atoms with Gasteiger partial charge in [-0.2, -0.15) is 0 Å². The van der Waals surface area contributed by atoms with Gasteiger partial charge in [0.1, 0.15) is 0 Å². The number of amides is 1. The highest BCUT2D eigenvalue weighted by atomic mass is 16.5. The van der Waals surface area contributed by atoms with E-state index in [1.165, 1.54) is 0 Å². The maximum Gasteiger partial charge on any atom is 0.234 e. The Morgan fingerprint density at radius 1 is 1.54 bits per heavy atom. The first-order valence-electron chi connectivity index (χ1n) is 4.90. The van der Waals surface area contributed by atoms with E-state index in [-0.39, 0.29) is 5.91 Å². The van der Waals surface area contributed by atoms with Crippen molar-refractivity contribution in [1.82, 2.24) is 10.6 Å². The Morgan fingerprint density at radius 3 is 2.92 bits per heavy atom. The van der Waals surface area contributed by atoms with Gasteiger partial charge in [0.05, 0.1) is 13.2 Å². The monoisotopic (exact) mass is 186 g/mol. The molecule has 0 aromatic carbocycles. The summed E-state index contributed by atoms with van der Waals surface area (Å²) in [5, 5.41) is 5.92. The molecule has 2 N–H and O–H groups in total. The molecule has 1 fully saturated rings. The van der Waals surface area contributed by atoms with Crippen molar-refractivity contribution in [3.05, 3.63) is 0 Å². The molecule has 76 valence electrons. The van der Waals surface area contributed by atoms with Gasteiger partial charge < -0.3 is 15.4 Å². The van der Waals surface area contributed by atoms with E-state index in [1.54, 1.807) is 0 Å². The maximum absolute atomic E-state index is 11.1. The Labute approximate surface area is 79.0 Å². The minimum atomic E-state index is 0.0963. The summed E-state index contributed by atoms with van der Waals surface area (Å²) in [6.07, 6.45) is 2.29. The molecule has 0 radical (unpaired) electrons. The normalized spacial score (nSPS) is 15.8. The highest BCUT2D eigenvalue weighted by molar-refractivity contribution is 5.78. The zero-order chi connectivity index (χ0) is 9.52. The highest BCUT2D eigenvalue weighted by Crippen LogP contribution is 2.17. The Morgan fingerprint density at radius 2 is 2.31 bits per heavy atom. The molecule has 1 aliphatic rings. The van der Waals surface area contributed by atoms with Crippen molar-refractivity contribution in [1.29, 1.82) is 0 Å². The van der Waals surface area contributed by atoms with Gasteiger partial charge in [0, 0.05) is 19.2 Å². The Hall–Kier alpha value is -0.610.